The highest BCUT2D eigenvalue weighted by molar-refractivity contribution is 5.76. The van der Waals surface area contributed by atoms with Crippen LogP contribution in [0.15, 0.2) is 0 Å². The van der Waals surface area contributed by atoms with Crippen LogP contribution in [0, 0.1) is 0 Å². The van der Waals surface area contributed by atoms with Crippen LogP contribution in [0.25, 0.3) is 0 Å². The number of ether oxygens (including phenoxy) is 8. The standard InChI is InChI=1S/C58H109NO23/c1-3-5-7-9-11-13-15-17-19-21-23-25-27-29-37(61)36(59-42(62)30-28-26-24-22-20-18-16-14-12-10-8-6-4-2)32-75-55-52(72)48(68)44(64)39(80-55)34-77-57-54(74)50(70)46(66)41(82-57)35-78-58-53(73)49(69)45(65)40(81-58)33-76-56-51(71)47(67)43(63)38(31-60)79-56/h36-41,43-58,60-61,63-74H,3-35H2,1-2H3,(H,59,62)/t36-,37+,38-,39-,40-,41-,43+,44+,45+,46+,47+,48+,49+,50+,51-,52-,53-,54-,55-,56+,57-,58+/m1/s1. The third kappa shape index (κ3) is 24.6. The smallest absolute Gasteiger partial charge is 0.220 e. The van der Waals surface area contributed by atoms with Gasteiger partial charge in [0.15, 0.2) is 25.2 Å². The van der Waals surface area contributed by atoms with Crippen LogP contribution in [0.5, 0.6) is 0 Å². The Bertz CT molecular complexity index is 1630. The highest BCUT2D eigenvalue weighted by atomic mass is 16.8. The number of carbonyl (C=O) groups is 1. The lowest BCUT2D eigenvalue weighted by atomic mass is 9.98. The van der Waals surface area contributed by atoms with Crippen LogP contribution < -0.4 is 5.32 Å². The fourth-order valence-electron chi connectivity index (χ4n) is 11.0. The zero-order valence-electron chi connectivity index (χ0n) is 49.0. The minimum Gasteiger partial charge on any atom is -0.394 e. The number of hydrogen-bond acceptors (Lipinski definition) is 23. The molecule has 0 aromatic heterocycles. The summed E-state index contributed by atoms with van der Waals surface area (Å²) in [6, 6.07) is -0.914. The highest BCUT2D eigenvalue weighted by Gasteiger charge is 2.51. The molecule has 1 amide bonds. The number of aliphatic hydroxyl groups excluding tert-OH is 14. The van der Waals surface area contributed by atoms with E-state index in [9.17, 15) is 76.3 Å². The highest BCUT2D eigenvalue weighted by Crippen LogP contribution is 2.30. The molecule has 4 aliphatic heterocycles. The van der Waals surface area contributed by atoms with Crippen molar-refractivity contribution in [3.8, 4) is 0 Å². The minimum atomic E-state index is -1.93. The molecule has 4 aliphatic rings. The maximum Gasteiger partial charge on any atom is 0.220 e. The number of amides is 1. The maximum atomic E-state index is 13.3. The molecule has 0 unspecified atom stereocenters. The molecule has 24 nitrogen and oxygen atoms in total. The molecule has 0 spiro atoms. The van der Waals surface area contributed by atoms with Gasteiger partial charge in [-0.25, -0.2) is 0 Å². The summed E-state index contributed by atoms with van der Waals surface area (Å²) in [6.45, 7) is 1.36. The zero-order chi connectivity index (χ0) is 60.0. The summed E-state index contributed by atoms with van der Waals surface area (Å²) in [5, 5.41) is 152. The average Bonchev–Trinajstić information content (AvgIpc) is 3.50. The van der Waals surface area contributed by atoms with Crippen LogP contribution in [0.2, 0.25) is 0 Å². The molecule has 0 radical (unpaired) electrons. The average molecular weight is 1190 g/mol. The van der Waals surface area contributed by atoms with Gasteiger partial charge in [-0.1, -0.05) is 174 Å². The second-order valence-corrected chi connectivity index (χ2v) is 23.3. The van der Waals surface area contributed by atoms with Crippen LogP contribution in [-0.2, 0) is 42.7 Å². The van der Waals surface area contributed by atoms with Gasteiger partial charge in [0, 0.05) is 6.42 Å². The van der Waals surface area contributed by atoms with Gasteiger partial charge in [0.1, 0.15) is 97.7 Å². The fourth-order valence-corrected chi connectivity index (χ4v) is 11.0. The Balaban J connectivity index is 1.28. The minimum absolute atomic E-state index is 0.247. The van der Waals surface area contributed by atoms with Crippen molar-refractivity contribution in [3.63, 3.8) is 0 Å². The SMILES string of the molecule is CCCCCCCCCCCCCCCC(=O)N[C@H](CO[C@@H]1O[C@H](CO[C@@H]2O[C@H](CO[C@H]3O[C@H](CO[C@H]4O[C@H](CO)[C@H](O)[C@H](O)[C@H]4O)[C@H](O)[C@H](O)[C@H]3O)[C@H](O)[C@H](O)[C@H]2O)[C@H](O)[C@H](O)[C@H]1O)[C@@H](O)CCCCCCCCCCCCCCC. The van der Waals surface area contributed by atoms with E-state index in [2.05, 4.69) is 19.2 Å². The molecule has 0 aromatic carbocycles. The third-order valence-corrected chi connectivity index (χ3v) is 16.5. The van der Waals surface area contributed by atoms with Gasteiger partial charge in [0.25, 0.3) is 0 Å². The first kappa shape index (κ1) is 73.1. The number of unbranched alkanes of at least 4 members (excludes halogenated alkanes) is 24. The first-order valence-electron chi connectivity index (χ1n) is 31.3. The maximum absolute atomic E-state index is 13.3. The summed E-state index contributed by atoms with van der Waals surface area (Å²) in [4.78, 5) is 13.3. The van der Waals surface area contributed by atoms with Crippen molar-refractivity contribution < 1.29 is 114 Å². The molecular weight excluding hydrogens is 1080 g/mol. The van der Waals surface area contributed by atoms with E-state index >= 15 is 0 Å². The van der Waals surface area contributed by atoms with Crippen molar-refractivity contribution in [1.29, 1.82) is 0 Å². The van der Waals surface area contributed by atoms with Gasteiger partial charge < -0.3 is 115 Å². The molecule has 484 valence electrons. The molecule has 0 aromatic rings. The molecular formula is C58H109NO23. The van der Waals surface area contributed by atoms with Crippen molar-refractivity contribution in [3.05, 3.63) is 0 Å². The number of hydrogen-bond donors (Lipinski definition) is 15. The summed E-state index contributed by atoms with van der Waals surface area (Å²) in [5.41, 5.74) is 0. The molecule has 4 saturated heterocycles. The molecule has 15 N–H and O–H groups in total. The van der Waals surface area contributed by atoms with Crippen molar-refractivity contribution in [2.75, 3.05) is 33.0 Å². The van der Waals surface area contributed by atoms with Gasteiger partial charge in [0.2, 0.25) is 5.91 Å². The molecule has 4 heterocycles. The predicted molar refractivity (Wildman–Crippen MR) is 296 cm³/mol. The van der Waals surface area contributed by atoms with E-state index in [-0.39, 0.29) is 18.9 Å². The topological polar surface area (TPSA) is 386 Å². The van der Waals surface area contributed by atoms with E-state index in [4.69, 9.17) is 37.9 Å². The molecule has 24 heteroatoms. The lowest BCUT2D eigenvalue weighted by molar-refractivity contribution is -0.348. The molecule has 4 fully saturated rings. The molecule has 4 rings (SSSR count). The van der Waals surface area contributed by atoms with E-state index < -0.39 is 161 Å². The fraction of sp³-hybridized carbons (Fsp3) is 0.983. The van der Waals surface area contributed by atoms with Crippen LogP contribution in [-0.4, -0.2) is 245 Å². The summed E-state index contributed by atoms with van der Waals surface area (Å²) in [6.07, 6.45) is -4.71. The number of rotatable bonds is 43. The Labute approximate surface area is 485 Å². The monoisotopic (exact) mass is 1190 g/mol. The van der Waals surface area contributed by atoms with Crippen molar-refractivity contribution in [2.24, 2.45) is 0 Å². The van der Waals surface area contributed by atoms with Crippen LogP contribution in [0.3, 0.4) is 0 Å². The third-order valence-electron chi connectivity index (χ3n) is 16.5. The Morgan fingerprint density at radius 2 is 0.659 bits per heavy atom. The number of carbonyl (C=O) groups excluding carboxylic acids is 1. The summed E-state index contributed by atoms with van der Waals surface area (Å²) in [5.74, 6) is -0.266. The van der Waals surface area contributed by atoms with E-state index in [1.54, 1.807) is 0 Å². The Morgan fingerprint density at radius 3 is 0.988 bits per heavy atom. The predicted octanol–water partition coefficient (Wildman–Crippen LogP) is 1.08. The van der Waals surface area contributed by atoms with Crippen molar-refractivity contribution in [2.45, 2.75) is 329 Å². The summed E-state index contributed by atoms with van der Waals surface area (Å²) < 4.78 is 45.3. The van der Waals surface area contributed by atoms with Crippen LogP contribution in [0.4, 0.5) is 0 Å². The first-order chi connectivity index (χ1) is 39.4. The van der Waals surface area contributed by atoms with Gasteiger partial charge in [-0.3, -0.25) is 4.79 Å². The lowest BCUT2D eigenvalue weighted by Gasteiger charge is -2.44. The zero-order valence-corrected chi connectivity index (χ0v) is 49.0. The Kier molecular flexibility index (Phi) is 36.5. The molecule has 0 bridgehead atoms. The molecule has 22 atom stereocenters. The van der Waals surface area contributed by atoms with Gasteiger partial charge in [0.05, 0.1) is 45.2 Å². The largest absolute Gasteiger partial charge is 0.394 e. The summed E-state index contributed by atoms with van der Waals surface area (Å²) in [7, 11) is 0. The normalized spacial score (nSPS) is 35.2. The quantitative estimate of drug-likeness (QED) is 0.0380. The molecule has 0 saturated carbocycles. The van der Waals surface area contributed by atoms with E-state index in [0.29, 0.717) is 19.3 Å². The number of aliphatic hydroxyl groups is 14. The summed E-state index contributed by atoms with van der Waals surface area (Å²) >= 11 is 0. The second-order valence-electron chi connectivity index (χ2n) is 23.3. The van der Waals surface area contributed by atoms with Gasteiger partial charge in [-0.2, -0.15) is 0 Å². The van der Waals surface area contributed by atoms with Crippen molar-refractivity contribution in [1.82, 2.24) is 5.32 Å². The Hall–Kier alpha value is -1.41. The van der Waals surface area contributed by atoms with Crippen LogP contribution in [0.1, 0.15) is 194 Å². The molecule has 0 aliphatic carbocycles. The van der Waals surface area contributed by atoms with Crippen molar-refractivity contribution >= 4 is 5.91 Å². The van der Waals surface area contributed by atoms with E-state index in [0.717, 1.165) is 44.9 Å². The molecule has 82 heavy (non-hydrogen) atoms. The second kappa shape index (κ2) is 40.9. The van der Waals surface area contributed by atoms with E-state index in [1.165, 1.54) is 109 Å². The Morgan fingerprint density at radius 1 is 0.378 bits per heavy atom. The lowest BCUT2D eigenvalue weighted by Crippen LogP contribution is -2.63. The van der Waals surface area contributed by atoms with Gasteiger partial charge in [-0.05, 0) is 12.8 Å². The van der Waals surface area contributed by atoms with Gasteiger partial charge >= 0.3 is 0 Å². The van der Waals surface area contributed by atoms with Gasteiger partial charge in [-0.15, -0.1) is 0 Å². The number of nitrogens with one attached hydrogen (secondary N) is 1. The van der Waals surface area contributed by atoms with Crippen LogP contribution >= 0.6 is 0 Å². The first-order valence-corrected chi connectivity index (χ1v) is 31.3. The van der Waals surface area contributed by atoms with E-state index in [1.807, 2.05) is 0 Å².